The zero-order valence-corrected chi connectivity index (χ0v) is 14.9. The molecular formula is CH3AlCaMgO11Si2. The van der Waals surface area contributed by atoms with Crippen molar-refractivity contribution in [2.45, 2.75) is 0 Å². The van der Waals surface area contributed by atoms with Crippen LogP contribution in [-0.4, -0.2) is 117 Å². The maximum Gasteiger partial charge on any atom is 3.00 e. The van der Waals surface area contributed by atoms with Crippen LogP contribution in [0.25, 0.3) is 0 Å². The monoisotopic (exact) mass is 338 g/mol. The summed E-state index contributed by atoms with van der Waals surface area (Å²) in [4.78, 5) is 75.9. The van der Waals surface area contributed by atoms with Crippen LogP contribution in [0.15, 0.2) is 0 Å². The molecule has 0 fully saturated rings. The number of carbonyl (C=O) groups is 1. The Morgan fingerprint density at radius 3 is 0.882 bits per heavy atom. The van der Waals surface area contributed by atoms with Crippen molar-refractivity contribution in [1.29, 1.82) is 0 Å². The van der Waals surface area contributed by atoms with Crippen LogP contribution in [0.5, 0.6) is 0 Å². The molecule has 0 rings (SSSR count). The summed E-state index contributed by atoms with van der Waals surface area (Å²) in [5.74, 6) is 0. The van der Waals surface area contributed by atoms with E-state index >= 15 is 0 Å². The minimum absolute atomic E-state index is 0. The second-order valence-corrected chi connectivity index (χ2v) is 3.35. The number of hydrogen-bond acceptors (Lipinski definition) is 9. The predicted octanol–water partition coefficient (Wildman–Crippen LogP) is -10.6. The first kappa shape index (κ1) is 36.4. The van der Waals surface area contributed by atoms with Crippen LogP contribution < -0.4 is 33.6 Å². The molecule has 11 nitrogen and oxygen atoms in total. The second kappa shape index (κ2) is 17.9. The van der Waals surface area contributed by atoms with Crippen LogP contribution >= 0.6 is 0 Å². The Balaban J connectivity index is -0.0000000247. The van der Waals surface area contributed by atoms with E-state index in [4.69, 9.17) is 53.4 Å². The number of carboxylic acid groups (broad SMARTS) is 2. The summed E-state index contributed by atoms with van der Waals surface area (Å²) >= 11 is 0. The maximum absolute atomic E-state index is 8.69. The molecule has 0 unspecified atom stereocenters. The first-order chi connectivity index (χ1) is 5.73. The third kappa shape index (κ3) is 1210. The third-order valence-corrected chi connectivity index (χ3v) is 0. The van der Waals surface area contributed by atoms with Gasteiger partial charge in [-0.3, -0.25) is 0 Å². The number of rotatable bonds is 0. The molecule has 0 aliphatic heterocycles. The van der Waals surface area contributed by atoms with Gasteiger partial charge in [0.15, 0.2) is 0 Å². The van der Waals surface area contributed by atoms with E-state index < -0.39 is 24.3 Å². The summed E-state index contributed by atoms with van der Waals surface area (Å²) in [5, 5.41) is 13.9. The van der Waals surface area contributed by atoms with E-state index in [2.05, 4.69) is 0 Å². The summed E-state index contributed by atoms with van der Waals surface area (Å²) in [6.45, 7) is 0. The quantitative estimate of drug-likeness (QED) is 0.350. The maximum atomic E-state index is 8.69. The molecule has 0 spiro atoms. The SMILES string of the molecule is O=C(O)O.[Al+3].[Ca+2].[Mg+2].[O-][Si]([O-])([O-])O.[O-][Si]([O-])([O-])[O-]. The molecule has 17 heavy (non-hydrogen) atoms. The molecule has 0 heterocycles. The van der Waals surface area contributed by atoms with Gasteiger partial charge >= 0.3 is 84.3 Å². The van der Waals surface area contributed by atoms with E-state index in [0.717, 1.165) is 0 Å². The molecule has 16 heteroatoms. The zero-order chi connectivity index (χ0) is 12.6. The van der Waals surface area contributed by atoms with Gasteiger partial charge in [-0.05, 0) is 0 Å². The van der Waals surface area contributed by atoms with E-state index in [1.807, 2.05) is 0 Å². The van der Waals surface area contributed by atoms with Crippen molar-refractivity contribution < 1.29 is 53.4 Å². The summed E-state index contributed by atoms with van der Waals surface area (Å²) < 4.78 is 0. The number of hydrogen-bond donors (Lipinski definition) is 3. The van der Waals surface area contributed by atoms with Crippen LogP contribution in [0.3, 0.4) is 0 Å². The Kier molecular flexibility index (Phi) is 38.4. The van der Waals surface area contributed by atoms with Crippen LogP contribution in [0, 0.1) is 0 Å². The average Bonchev–Trinajstić information content (AvgIpc) is 1.45. The minimum Gasteiger partial charge on any atom is -0.894 e. The Hall–Kier alpha value is 1.94. The van der Waals surface area contributed by atoms with E-state index in [1.165, 1.54) is 0 Å². The molecule has 3 N–H and O–H groups in total. The summed E-state index contributed by atoms with van der Waals surface area (Å²) in [6, 6.07) is 0. The van der Waals surface area contributed by atoms with Gasteiger partial charge in [-0.15, -0.1) is 9.05 Å². The Labute approximate surface area is 154 Å². The van der Waals surface area contributed by atoms with Crippen molar-refractivity contribution in [2.24, 2.45) is 0 Å². The summed E-state index contributed by atoms with van der Waals surface area (Å²) in [6.07, 6.45) is -1.83. The van der Waals surface area contributed by atoms with Gasteiger partial charge in [0, 0.05) is 0 Å². The van der Waals surface area contributed by atoms with Crippen LogP contribution in [0.2, 0.25) is 0 Å². The van der Waals surface area contributed by atoms with Gasteiger partial charge in [0.05, 0.1) is 0 Å². The molecule has 0 amide bonds. The van der Waals surface area contributed by atoms with E-state index in [9.17, 15) is 0 Å². The Morgan fingerprint density at radius 2 is 0.882 bits per heavy atom. The summed E-state index contributed by atoms with van der Waals surface area (Å²) in [7, 11) is -11.0. The first-order valence-corrected chi connectivity index (χ1v) is 5.61. The molecule has 0 atom stereocenters. The standard InChI is InChI=1S/CH2O3.Al.Ca.Mg.HO4Si.O4Si/c2-1(3)4;;;;2*1-5(2,3)4/h(H2,2,3,4);;;;1H;/q;+3;2*+2;-3;-4. The molecule has 0 aromatic carbocycles. The van der Waals surface area contributed by atoms with Crippen molar-refractivity contribution in [3.63, 3.8) is 0 Å². The molecule has 0 saturated heterocycles. The molecule has 0 bridgehead atoms. The Bertz CT molecular complexity index is 129. The molecule has 0 saturated carbocycles. The average molecular weight is 339 g/mol. The molecule has 0 radical (unpaired) electrons. The van der Waals surface area contributed by atoms with E-state index in [-0.39, 0.29) is 78.2 Å². The molecular weight excluding hydrogens is 336 g/mol. The van der Waals surface area contributed by atoms with Crippen molar-refractivity contribution in [2.75, 3.05) is 0 Å². The zero-order valence-electron chi connectivity index (χ0n) is 8.10. The molecule has 0 aliphatic rings. The predicted molar refractivity (Wildman–Crippen MR) is 41.6 cm³/mol. The van der Waals surface area contributed by atoms with Crippen molar-refractivity contribution in [3.8, 4) is 0 Å². The minimum atomic E-state index is -5.61. The summed E-state index contributed by atoms with van der Waals surface area (Å²) in [5.41, 5.74) is 0. The van der Waals surface area contributed by atoms with Gasteiger partial charge in [0.25, 0.3) is 0 Å². The molecule has 0 aromatic rings. The smallest absolute Gasteiger partial charge is 0.894 e. The van der Waals surface area contributed by atoms with Crippen molar-refractivity contribution in [3.05, 3.63) is 0 Å². The largest absolute Gasteiger partial charge is 3.00 e. The van der Waals surface area contributed by atoms with Crippen molar-refractivity contribution in [1.82, 2.24) is 0 Å². The first-order valence-electron chi connectivity index (χ1n) is 2.30. The van der Waals surface area contributed by atoms with Gasteiger partial charge < -0.3 is 57.6 Å². The van der Waals surface area contributed by atoms with E-state index in [0.29, 0.717) is 0 Å². The third-order valence-electron chi connectivity index (χ3n) is 0. The van der Waals surface area contributed by atoms with Gasteiger partial charge in [0.1, 0.15) is 0 Å². The van der Waals surface area contributed by atoms with Gasteiger partial charge in [-0.25, -0.2) is 4.79 Å². The van der Waals surface area contributed by atoms with Crippen molar-refractivity contribution >= 4 is 102 Å². The normalized spacial score (nSPS) is 8.47. The molecule has 88 valence electrons. The van der Waals surface area contributed by atoms with Crippen LogP contribution in [0.4, 0.5) is 4.79 Å². The van der Waals surface area contributed by atoms with E-state index in [1.54, 1.807) is 0 Å². The second-order valence-electron chi connectivity index (χ2n) is 1.31. The van der Waals surface area contributed by atoms with Gasteiger partial charge in [-0.1, -0.05) is 0 Å². The fourth-order valence-corrected chi connectivity index (χ4v) is 0. The van der Waals surface area contributed by atoms with Gasteiger partial charge in [-0.2, -0.15) is 0 Å². The van der Waals surface area contributed by atoms with Crippen LogP contribution in [0.1, 0.15) is 0 Å². The Morgan fingerprint density at radius 1 is 0.882 bits per heavy atom. The molecule has 0 aromatic heterocycles. The molecule has 0 aliphatic carbocycles. The fraction of sp³-hybridized carbons (Fsp3) is 0. The van der Waals surface area contributed by atoms with Crippen LogP contribution in [-0.2, 0) is 0 Å². The van der Waals surface area contributed by atoms with Gasteiger partial charge in [0.2, 0.25) is 0 Å². The fourth-order valence-electron chi connectivity index (χ4n) is 0. The topological polar surface area (TPSA) is 239 Å².